The highest BCUT2D eigenvalue weighted by Gasteiger charge is 2.33. The van der Waals surface area contributed by atoms with E-state index in [9.17, 15) is 13.2 Å². The van der Waals surface area contributed by atoms with E-state index in [1.807, 2.05) is 31.2 Å². The molecule has 0 atom stereocenters. The summed E-state index contributed by atoms with van der Waals surface area (Å²) in [6.07, 6.45) is -4.00. The van der Waals surface area contributed by atoms with Crippen molar-refractivity contribution >= 4 is 41.3 Å². The number of nitrogens with zero attached hydrogens (tertiary/aromatic N) is 2. The van der Waals surface area contributed by atoms with Crippen LogP contribution in [0.15, 0.2) is 34.6 Å². The second-order valence-electron chi connectivity index (χ2n) is 5.70. The Kier molecular flexibility index (Phi) is 10.8. The van der Waals surface area contributed by atoms with Crippen LogP contribution in [-0.4, -0.2) is 31.1 Å². The molecule has 0 aliphatic heterocycles. The lowest BCUT2D eigenvalue weighted by Crippen LogP contribution is -2.38. The summed E-state index contributed by atoms with van der Waals surface area (Å²) in [5.74, 6) is 0.609. The second-order valence-corrected chi connectivity index (χ2v) is 6.64. The fraction of sp³-hybridized carbons (Fsp3) is 0.444. The van der Waals surface area contributed by atoms with Crippen molar-refractivity contribution in [3.05, 3.63) is 51.5 Å². The average Bonchev–Trinajstić information content (AvgIpc) is 3.10. The third-order valence-corrected chi connectivity index (χ3v) is 4.55. The highest BCUT2D eigenvalue weighted by atomic mass is 127. The summed E-state index contributed by atoms with van der Waals surface area (Å²) in [5, 5.41) is 7.75. The number of ether oxygens (including phenoxy) is 1. The number of halogens is 4. The number of methoxy groups -OCH3 is 1. The van der Waals surface area contributed by atoms with Crippen molar-refractivity contribution in [1.29, 1.82) is 0 Å². The molecule has 0 fully saturated rings. The van der Waals surface area contributed by atoms with Gasteiger partial charge in [-0.1, -0.05) is 24.3 Å². The van der Waals surface area contributed by atoms with Crippen molar-refractivity contribution in [3.63, 3.8) is 0 Å². The monoisotopic (exact) mass is 528 g/mol. The van der Waals surface area contributed by atoms with E-state index in [1.165, 1.54) is 0 Å². The molecule has 0 saturated heterocycles. The third kappa shape index (κ3) is 7.92. The minimum absolute atomic E-state index is 0. The van der Waals surface area contributed by atoms with Crippen LogP contribution in [0.3, 0.4) is 0 Å². The zero-order chi connectivity index (χ0) is 19.7. The van der Waals surface area contributed by atoms with Crippen LogP contribution >= 0.6 is 35.3 Å². The van der Waals surface area contributed by atoms with Crippen LogP contribution in [0.2, 0.25) is 0 Å². The normalized spacial score (nSPS) is 11.8. The van der Waals surface area contributed by atoms with Gasteiger partial charge in [0, 0.05) is 32.0 Å². The van der Waals surface area contributed by atoms with Crippen LogP contribution in [0.1, 0.15) is 28.8 Å². The third-order valence-electron chi connectivity index (χ3n) is 3.64. The van der Waals surface area contributed by atoms with Gasteiger partial charge in [-0.05, 0) is 18.1 Å². The predicted octanol–water partition coefficient (Wildman–Crippen LogP) is 4.22. The molecule has 5 nitrogen and oxygen atoms in total. The molecule has 2 rings (SSSR count). The van der Waals surface area contributed by atoms with Crippen molar-refractivity contribution in [3.8, 4) is 0 Å². The maximum Gasteiger partial charge on any atom is 0.434 e. The maximum absolute atomic E-state index is 12.6. The summed E-state index contributed by atoms with van der Waals surface area (Å²) in [6, 6.07) is 7.89. The highest BCUT2D eigenvalue weighted by molar-refractivity contribution is 14.0. The Balaban J connectivity index is 0.00000392. The van der Waals surface area contributed by atoms with Gasteiger partial charge in [-0.15, -0.1) is 35.3 Å². The smallest absolute Gasteiger partial charge is 0.380 e. The fourth-order valence-electron chi connectivity index (χ4n) is 2.36. The average molecular weight is 528 g/mol. The molecule has 28 heavy (non-hydrogen) atoms. The lowest BCUT2D eigenvalue weighted by atomic mass is 10.1. The first-order valence-electron chi connectivity index (χ1n) is 8.53. The Morgan fingerprint density at radius 2 is 1.93 bits per heavy atom. The number of guanidine groups is 1. The Morgan fingerprint density at radius 3 is 2.54 bits per heavy atom. The van der Waals surface area contributed by atoms with Gasteiger partial charge in [-0.2, -0.15) is 13.2 Å². The van der Waals surface area contributed by atoms with E-state index < -0.39 is 11.9 Å². The molecule has 0 aliphatic carbocycles. The lowest BCUT2D eigenvalue weighted by Gasteiger charge is -2.12. The first kappa shape index (κ1) is 24.6. The first-order valence-corrected chi connectivity index (χ1v) is 9.41. The lowest BCUT2D eigenvalue weighted by molar-refractivity contribution is -0.140. The molecule has 0 saturated carbocycles. The standard InChI is InChI=1S/C18H23F3N4OS.HI/c1-3-22-17(24-10-13-6-4-5-7-14(13)11-26-2)23-9-8-16-25-15(12-27-16)18(19,20)21;/h4-7,12H,3,8-11H2,1-2H3,(H2,22,23,24);1H. The number of nitrogens with one attached hydrogen (secondary N) is 2. The Labute approximate surface area is 183 Å². The van der Waals surface area contributed by atoms with Gasteiger partial charge in [-0.25, -0.2) is 9.98 Å². The Bertz CT molecular complexity index is 752. The molecule has 0 unspecified atom stereocenters. The molecule has 1 aromatic carbocycles. The molecular weight excluding hydrogens is 504 g/mol. The van der Waals surface area contributed by atoms with Crippen LogP contribution in [0.5, 0.6) is 0 Å². The van der Waals surface area contributed by atoms with Gasteiger partial charge >= 0.3 is 6.18 Å². The molecule has 156 valence electrons. The van der Waals surface area contributed by atoms with Crippen molar-refractivity contribution in [2.45, 2.75) is 32.7 Å². The molecule has 0 spiro atoms. The largest absolute Gasteiger partial charge is 0.434 e. The van der Waals surface area contributed by atoms with Crippen LogP contribution < -0.4 is 10.6 Å². The van der Waals surface area contributed by atoms with E-state index in [-0.39, 0.29) is 24.0 Å². The topological polar surface area (TPSA) is 58.5 Å². The number of hydrogen-bond donors (Lipinski definition) is 2. The van der Waals surface area contributed by atoms with Crippen molar-refractivity contribution in [2.75, 3.05) is 20.2 Å². The zero-order valence-corrected chi connectivity index (χ0v) is 18.8. The number of hydrogen-bond acceptors (Lipinski definition) is 4. The summed E-state index contributed by atoms with van der Waals surface area (Å²) in [5.41, 5.74) is 1.30. The van der Waals surface area contributed by atoms with Gasteiger partial charge in [0.15, 0.2) is 11.7 Å². The van der Waals surface area contributed by atoms with Crippen molar-refractivity contribution in [2.24, 2.45) is 4.99 Å². The van der Waals surface area contributed by atoms with Gasteiger partial charge < -0.3 is 15.4 Å². The van der Waals surface area contributed by atoms with Gasteiger partial charge in [0.2, 0.25) is 0 Å². The van der Waals surface area contributed by atoms with E-state index in [0.717, 1.165) is 27.8 Å². The Hall–Kier alpha value is -1.40. The molecule has 2 aromatic rings. The minimum atomic E-state index is -4.39. The summed E-state index contributed by atoms with van der Waals surface area (Å²) in [7, 11) is 1.65. The summed E-state index contributed by atoms with van der Waals surface area (Å²) in [4.78, 5) is 8.17. The van der Waals surface area contributed by atoms with E-state index in [0.29, 0.717) is 43.6 Å². The molecule has 0 radical (unpaired) electrons. The predicted molar refractivity (Wildman–Crippen MR) is 116 cm³/mol. The van der Waals surface area contributed by atoms with Gasteiger partial charge in [0.1, 0.15) is 0 Å². The molecule has 0 bridgehead atoms. The second kappa shape index (κ2) is 12.2. The van der Waals surface area contributed by atoms with E-state index >= 15 is 0 Å². The van der Waals surface area contributed by atoms with Crippen LogP contribution in [0.4, 0.5) is 13.2 Å². The number of benzene rings is 1. The summed E-state index contributed by atoms with van der Waals surface area (Å²) < 4.78 is 43.0. The molecular formula is C18H24F3IN4OS. The summed E-state index contributed by atoms with van der Waals surface area (Å²) >= 11 is 1.01. The number of rotatable bonds is 8. The van der Waals surface area contributed by atoms with Gasteiger partial charge in [0.25, 0.3) is 0 Å². The van der Waals surface area contributed by atoms with E-state index in [4.69, 9.17) is 4.74 Å². The molecule has 1 heterocycles. The van der Waals surface area contributed by atoms with Crippen LogP contribution in [0, 0.1) is 0 Å². The summed E-state index contributed by atoms with van der Waals surface area (Å²) in [6.45, 7) is 4.06. The molecule has 10 heteroatoms. The number of thiazole rings is 1. The van der Waals surface area contributed by atoms with Crippen molar-refractivity contribution in [1.82, 2.24) is 15.6 Å². The molecule has 0 aliphatic rings. The first-order chi connectivity index (χ1) is 12.9. The van der Waals surface area contributed by atoms with E-state index in [1.54, 1.807) is 7.11 Å². The quantitative estimate of drug-likeness (QED) is 0.306. The number of aliphatic imine (C=N–C) groups is 1. The van der Waals surface area contributed by atoms with Gasteiger partial charge in [0.05, 0.1) is 18.2 Å². The van der Waals surface area contributed by atoms with Gasteiger partial charge in [-0.3, -0.25) is 0 Å². The highest BCUT2D eigenvalue weighted by Crippen LogP contribution is 2.29. The fourth-order valence-corrected chi connectivity index (χ4v) is 3.16. The molecule has 1 aromatic heterocycles. The van der Waals surface area contributed by atoms with Crippen LogP contribution in [0.25, 0.3) is 0 Å². The minimum Gasteiger partial charge on any atom is -0.380 e. The molecule has 0 amide bonds. The SMILES string of the molecule is CCNC(=NCc1ccccc1COC)NCCc1nc(C(F)(F)F)cs1.I. The van der Waals surface area contributed by atoms with Crippen molar-refractivity contribution < 1.29 is 17.9 Å². The zero-order valence-electron chi connectivity index (χ0n) is 15.7. The van der Waals surface area contributed by atoms with Crippen LogP contribution in [-0.2, 0) is 30.5 Å². The number of alkyl halides is 3. The number of aromatic nitrogens is 1. The Morgan fingerprint density at radius 1 is 1.21 bits per heavy atom. The molecule has 2 N–H and O–H groups in total. The van der Waals surface area contributed by atoms with E-state index in [2.05, 4.69) is 20.6 Å². The maximum atomic E-state index is 12.6.